The van der Waals surface area contributed by atoms with Crippen molar-refractivity contribution in [3.05, 3.63) is 64.7 Å². The van der Waals surface area contributed by atoms with Gasteiger partial charge in [0, 0.05) is 10.6 Å². The molecule has 0 saturated carbocycles. The highest BCUT2D eigenvalue weighted by atomic mass is 32.2. The Morgan fingerprint density at radius 3 is 2.48 bits per heavy atom. The number of nitrogens with zero attached hydrogens (tertiary/aromatic N) is 1. The van der Waals surface area contributed by atoms with E-state index in [9.17, 15) is 13.2 Å². The summed E-state index contributed by atoms with van der Waals surface area (Å²) in [6, 6.07) is 12.9. The van der Waals surface area contributed by atoms with Crippen molar-refractivity contribution in [3.63, 3.8) is 0 Å². The molecule has 0 unspecified atom stereocenters. The molecule has 0 fully saturated rings. The first-order valence-corrected chi connectivity index (χ1v) is 7.19. The van der Waals surface area contributed by atoms with Crippen LogP contribution in [0.4, 0.5) is 13.2 Å². The number of hydrogen-bond donors (Lipinski definition) is 0. The summed E-state index contributed by atoms with van der Waals surface area (Å²) in [5.74, 6) is 0.618. The minimum absolute atomic E-state index is 0.0587. The molecule has 0 radical (unpaired) electrons. The average Bonchev–Trinajstić information content (AvgIpc) is 2.45. The van der Waals surface area contributed by atoms with Gasteiger partial charge in [-0.25, -0.2) is 0 Å². The van der Waals surface area contributed by atoms with Crippen LogP contribution in [0.5, 0.6) is 0 Å². The fourth-order valence-corrected chi connectivity index (χ4v) is 2.91. The van der Waals surface area contributed by atoms with Crippen molar-refractivity contribution >= 4 is 11.8 Å². The van der Waals surface area contributed by atoms with E-state index in [4.69, 9.17) is 5.26 Å². The Hall–Kier alpha value is -1.93. The third kappa shape index (κ3) is 3.79. The van der Waals surface area contributed by atoms with Crippen LogP contribution in [-0.2, 0) is 11.9 Å². The van der Waals surface area contributed by atoms with Gasteiger partial charge in [0.05, 0.1) is 11.1 Å². The summed E-state index contributed by atoms with van der Waals surface area (Å²) in [4.78, 5) is 0.564. The molecule has 21 heavy (non-hydrogen) atoms. The highest BCUT2D eigenvalue weighted by molar-refractivity contribution is 7.98. The zero-order valence-electron chi connectivity index (χ0n) is 11.2. The monoisotopic (exact) mass is 307 g/mol. The Morgan fingerprint density at radius 1 is 1.14 bits per heavy atom. The van der Waals surface area contributed by atoms with Crippen LogP contribution < -0.4 is 0 Å². The molecule has 108 valence electrons. The second-order valence-electron chi connectivity index (χ2n) is 4.54. The maximum absolute atomic E-state index is 12.6. The summed E-state index contributed by atoms with van der Waals surface area (Å²) in [5.41, 5.74) is 1.49. The fourth-order valence-electron chi connectivity index (χ4n) is 1.85. The van der Waals surface area contributed by atoms with E-state index in [1.54, 1.807) is 0 Å². The van der Waals surface area contributed by atoms with Crippen molar-refractivity contribution in [2.45, 2.75) is 23.7 Å². The molecule has 0 aliphatic heterocycles. The molecule has 2 aromatic rings. The van der Waals surface area contributed by atoms with Gasteiger partial charge in [-0.05, 0) is 36.2 Å². The second-order valence-corrected chi connectivity index (χ2v) is 5.55. The van der Waals surface area contributed by atoms with Gasteiger partial charge >= 0.3 is 6.18 Å². The molecule has 0 spiro atoms. The first-order chi connectivity index (χ1) is 9.91. The lowest BCUT2D eigenvalue weighted by atomic mass is 10.1. The van der Waals surface area contributed by atoms with E-state index >= 15 is 0 Å². The summed E-state index contributed by atoms with van der Waals surface area (Å²) in [6.07, 6.45) is -4.43. The zero-order valence-corrected chi connectivity index (χ0v) is 12.1. The van der Waals surface area contributed by atoms with E-state index < -0.39 is 11.7 Å². The highest BCUT2D eigenvalue weighted by Gasteiger charge is 2.31. The average molecular weight is 307 g/mol. The molecule has 0 bridgehead atoms. The molecule has 0 aromatic heterocycles. The van der Waals surface area contributed by atoms with Crippen LogP contribution in [0.1, 0.15) is 22.3 Å². The number of hydrogen-bond acceptors (Lipinski definition) is 2. The third-order valence-electron chi connectivity index (χ3n) is 3.07. The molecule has 2 rings (SSSR count). The zero-order chi connectivity index (χ0) is 15.5. The van der Waals surface area contributed by atoms with E-state index in [0.717, 1.165) is 23.3 Å². The first-order valence-electron chi connectivity index (χ1n) is 6.20. The van der Waals surface area contributed by atoms with Crippen molar-refractivity contribution in [2.75, 3.05) is 0 Å². The van der Waals surface area contributed by atoms with Gasteiger partial charge in [-0.1, -0.05) is 24.3 Å². The van der Waals surface area contributed by atoms with Crippen molar-refractivity contribution in [1.82, 2.24) is 0 Å². The third-order valence-corrected chi connectivity index (χ3v) is 4.19. The second kappa shape index (κ2) is 6.23. The van der Waals surface area contributed by atoms with Gasteiger partial charge in [0.1, 0.15) is 6.07 Å². The Kier molecular flexibility index (Phi) is 4.59. The van der Waals surface area contributed by atoms with Crippen LogP contribution in [0.15, 0.2) is 47.4 Å². The lowest BCUT2D eigenvalue weighted by Gasteiger charge is -2.10. The molecular formula is C16H12F3NS. The Labute approximate surface area is 125 Å². The molecule has 2 aromatic carbocycles. The molecular weight excluding hydrogens is 295 g/mol. The van der Waals surface area contributed by atoms with Crippen LogP contribution in [0, 0.1) is 18.3 Å². The maximum Gasteiger partial charge on any atom is 0.416 e. The van der Waals surface area contributed by atoms with Gasteiger partial charge in [-0.3, -0.25) is 0 Å². The topological polar surface area (TPSA) is 23.8 Å². The lowest BCUT2D eigenvalue weighted by molar-refractivity contribution is -0.137. The number of alkyl halides is 3. The van der Waals surface area contributed by atoms with E-state index in [-0.39, 0.29) is 5.56 Å². The van der Waals surface area contributed by atoms with E-state index in [0.29, 0.717) is 10.6 Å². The van der Waals surface area contributed by atoms with E-state index in [1.165, 1.54) is 17.8 Å². The highest BCUT2D eigenvalue weighted by Crippen LogP contribution is 2.34. The quantitative estimate of drug-likeness (QED) is 0.730. The van der Waals surface area contributed by atoms with Crippen LogP contribution in [0.3, 0.4) is 0 Å². The lowest BCUT2D eigenvalue weighted by Crippen LogP contribution is -2.05. The van der Waals surface area contributed by atoms with Gasteiger partial charge in [-0.2, -0.15) is 18.4 Å². The van der Waals surface area contributed by atoms with Gasteiger partial charge < -0.3 is 0 Å². The number of halogens is 3. The molecule has 0 amide bonds. The number of aryl methyl sites for hydroxylation is 1. The van der Waals surface area contributed by atoms with E-state index in [1.807, 2.05) is 37.3 Å². The molecule has 0 heterocycles. The number of nitriles is 1. The molecule has 0 N–H and O–H groups in total. The summed E-state index contributed by atoms with van der Waals surface area (Å²) in [6.45, 7) is 1.98. The summed E-state index contributed by atoms with van der Waals surface area (Å²) >= 11 is 1.37. The normalized spacial score (nSPS) is 11.2. The smallest absolute Gasteiger partial charge is 0.192 e. The van der Waals surface area contributed by atoms with Gasteiger partial charge in [0.15, 0.2) is 0 Å². The van der Waals surface area contributed by atoms with Crippen LogP contribution in [0.2, 0.25) is 0 Å². The van der Waals surface area contributed by atoms with Crippen LogP contribution in [-0.4, -0.2) is 0 Å². The van der Waals surface area contributed by atoms with Gasteiger partial charge in [-0.15, -0.1) is 11.8 Å². The summed E-state index contributed by atoms with van der Waals surface area (Å²) in [5, 5.41) is 9.03. The Balaban J connectivity index is 2.22. The first kappa shape index (κ1) is 15.5. The standard InChI is InChI=1S/C16H12F3NS/c1-11-4-2-3-5-12(11)10-21-15-7-6-14(16(17,18)19)8-13(15)9-20/h2-8H,10H2,1H3. The summed E-state index contributed by atoms with van der Waals surface area (Å²) < 4.78 is 37.9. The minimum atomic E-state index is -4.43. The predicted octanol–water partition coefficient (Wildman–Crippen LogP) is 5.18. The molecule has 0 saturated heterocycles. The van der Waals surface area contributed by atoms with E-state index in [2.05, 4.69) is 0 Å². The van der Waals surface area contributed by atoms with Crippen LogP contribution in [0.25, 0.3) is 0 Å². The number of rotatable bonds is 3. The van der Waals surface area contributed by atoms with Crippen molar-refractivity contribution in [1.29, 1.82) is 5.26 Å². The summed E-state index contributed by atoms with van der Waals surface area (Å²) in [7, 11) is 0. The molecule has 0 aliphatic carbocycles. The predicted molar refractivity (Wildman–Crippen MR) is 76.9 cm³/mol. The maximum atomic E-state index is 12.6. The van der Waals surface area contributed by atoms with Crippen molar-refractivity contribution in [3.8, 4) is 6.07 Å². The van der Waals surface area contributed by atoms with Crippen molar-refractivity contribution < 1.29 is 13.2 Å². The Morgan fingerprint density at radius 2 is 1.86 bits per heavy atom. The number of thioether (sulfide) groups is 1. The fraction of sp³-hybridized carbons (Fsp3) is 0.188. The molecule has 5 heteroatoms. The molecule has 0 atom stereocenters. The Bertz CT molecular complexity index is 687. The van der Waals surface area contributed by atoms with Gasteiger partial charge in [0.25, 0.3) is 0 Å². The molecule has 0 aliphatic rings. The van der Waals surface area contributed by atoms with Crippen LogP contribution >= 0.6 is 11.8 Å². The van der Waals surface area contributed by atoms with Crippen molar-refractivity contribution in [2.24, 2.45) is 0 Å². The largest absolute Gasteiger partial charge is 0.416 e. The number of benzene rings is 2. The SMILES string of the molecule is Cc1ccccc1CSc1ccc(C(F)(F)F)cc1C#N. The van der Waals surface area contributed by atoms with Gasteiger partial charge in [0.2, 0.25) is 0 Å². The minimum Gasteiger partial charge on any atom is -0.192 e. The molecule has 1 nitrogen and oxygen atoms in total.